The summed E-state index contributed by atoms with van der Waals surface area (Å²) in [6, 6.07) is 10.7. The standard InChI is InChI=1S/C19H22N2O5/c1-4-20-19(24)21-17(22)11-26-18(23)12(2)13-5-6-15-10-16(25-3)8-7-14(15)9-13/h5-10,12H,4,11H2,1-3H3,(H2,20,21,22,24)/t12-/m0/s1. The van der Waals surface area contributed by atoms with Gasteiger partial charge in [0.2, 0.25) is 0 Å². The van der Waals surface area contributed by atoms with Crippen molar-refractivity contribution in [3.8, 4) is 5.75 Å². The number of rotatable bonds is 6. The summed E-state index contributed by atoms with van der Waals surface area (Å²) in [5.41, 5.74) is 0.775. The van der Waals surface area contributed by atoms with Crippen LogP contribution >= 0.6 is 0 Å². The van der Waals surface area contributed by atoms with E-state index in [2.05, 4.69) is 10.6 Å². The third kappa shape index (κ3) is 4.95. The zero-order valence-corrected chi connectivity index (χ0v) is 15.0. The lowest BCUT2D eigenvalue weighted by atomic mass is 9.98. The van der Waals surface area contributed by atoms with Gasteiger partial charge in [0.05, 0.1) is 13.0 Å². The molecule has 0 unspecified atom stereocenters. The second kappa shape index (κ2) is 8.84. The number of imide groups is 1. The zero-order chi connectivity index (χ0) is 19.1. The molecule has 0 heterocycles. The fourth-order valence-electron chi connectivity index (χ4n) is 2.40. The van der Waals surface area contributed by atoms with Gasteiger partial charge in [-0.15, -0.1) is 0 Å². The van der Waals surface area contributed by atoms with Crippen LogP contribution < -0.4 is 15.4 Å². The quantitative estimate of drug-likeness (QED) is 0.773. The lowest BCUT2D eigenvalue weighted by Gasteiger charge is -2.13. The highest BCUT2D eigenvalue weighted by atomic mass is 16.5. The Morgan fingerprint density at radius 2 is 1.77 bits per heavy atom. The maximum absolute atomic E-state index is 12.2. The van der Waals surface area contributed by atoms with Crippen LogP contribution in [0.5, 0.6) is 5.75 Å². The van der Waals surface area contributed by atoms with Crippen LogP contribution in [0, 0.1) is 0 Å². The molecule has 7 nitrogen and oxygen atoms in total. The number of fused-ring (bicyclic) bond motifs is 1. The van der Waals surface area contributed by atoms with Gasteiger partial charge < -0.3 is 14.8 Å². The van der Waals surface area contributed by atoms with Gasteiger partial charge in [-0.25, -0.2) is 4.79 Å². The van der Waals surface area contributed by atoms with E-state index >= 15 is 0 Å². The molecule has 0 aliphatic carbocycles. The molecule has 2 rings (SSSR count). The molecule has 138 valence electrons. The minimum atomic E-state index is -0.679. The van der Waals surface area contributed by atoms with Crippen LogP contribution in [-0.4, -0.2) is 38.2 Å². The maximum Gasteiger partial charge on any atom is 0.321 e. The summed E-state index contributed by atoms with van der Waals surface area (Å²) in [6.07, 6.45) is 0. The summed E-state index contributed by atoms with van der Waals surface area (Å²) in [5, 5.41) is 6.45. The Morgan fingerprint density at radius 3 is 2.46 bits per heavy atom. The average Bonchev–Trinajstić information content (AvgIpc) is 2.64. The van der Waals surface area contributed by atoms with Gasteiger partial charge >= 0.3 is 12.0 Å². The fraction of sp³-hybridized carbons (Fsp3) is 0.316. The third-order valence-electron chi connectivity index (χ3n) is 3.86. The number of esters is 1. The van der Waals surface area contributed by atoms with Crippen LogP contribution in [0.2, 0.25) is 0 Å². The normalized spacial score (nSPS) is 11.5. The van der Waals surface area contributed by atoms with E-state index in [9.17, 15) is 14.4 Å². The van der Waals surface area contributed by atoms with Crippen molar-refractivity contribution in [3.63, 3.8) is 0 Å². The molecule has 0 saturated carbocycles. The van der Waals surface area contributed by atoms with E-state index < -0.39 is 30.4 Å². The van der Waals surface area contributed by atoms with Crippen molar-refractivity contribution in [3.05, 3.63) is 42.0 Å². The van der Waals surface area contributed by atoms with Gasteiger partial charge in [0.25, 0.3) is 5.91 Å². The van der Waals surface area contributed by atoms with Crippen LogP contribution in [0.3, 0.4) is 0 Å². The maximum atomic E-state index is 12.2. The SMILES string of the molecule is CCNC(=O)NC(=O)COC(=O)[C@@H](C)c1ccc2cc(OC)ccc2c1. The van der Waals surface area contributed by atoms with Gasteiger partial charge in [-0.2, -0.15) is 0 Å². The van der Waals surface area contributed by atoms with Crippen molar-refractivity contribution in [2.24, 2.45) is 0 Å². The lowest BCUT2D eigenvalue weighted by Crippen LogP contribution is -2.41. The lowest BCUT2D eigenvalue weighted by molar-refractivity contribution is -0.149. The number of nitrogens with one attached hydrogen (secondary N) is 2. The molecule has 0 aliphatic rings. The molecule has 2 aromatic carbocycles. The van der Waals surface area contributed by atoms with Gasteiger partial charge in [-0.1, -0.05) is 24.3 Å². The molecular formula is C19H22N2O5. The highest BCUT2D eigenvalue weighted by Crippen LogP contribution is 2.25. The molecule has 1 atom stereocenters. The van der Waals surface area contributed by atoms with E-state index in [1.807, 2.05) is 36.4 Å². The molecule has 0 bridgehead atoms. The van der Waals surface area contributed by atoms with E-state index in [0.717, 1.165) is 22.1 Å². The molecule has 0 spiro atoms. The summed E-state index contributed by atoms with van der Waals surface area (Å²) in [5.74, 6) is -0.999. The van der Waals surface area contributed by atoms with E-state index in [0.29, 0.717) is 6.54 Å². The average molecular weight is 358 g/mol. The zero-order valence-electron chi connectivity index (χ0n) is 15.0. The highest BCUT2D eigenvalue weighted by molar-refractivity contribution is 5.95. The number of benzene rings is 2. The van der Waals surface area contributed by atoms with Gasteiger partial charge in [-0.3, -0.25) is 14.9 Å². The van der Waals surface area contributed by atoms with Crippen molar-refractivity contribution in [2.75, 3.05) is 20.3 Å². The molecule has 0 saturated heterocycles. The summed E-state index contributed by atoms with van der Waals surface area (Å²) in [4.78, 5) is 35.0. The first-order valence-electron chi connectivity index (χ1n) is 8.26. The Bertz CT molecular complexity index is 819. The number of carbonyl (C=O) groups is 3. The van der Waals surface area contributed by atoms with Crippen molar-refractivity contribution < 1.29 is 23.9 Å². The van der Waals surface area contributed by atoms with Crippen LogP contribution in [-0.2, 0) is 14.3 Å². The fourth-order valence-corrected chi connectivity index (χ4v) is 2.40. The number of urea groups is 1. The van der Waals surface area contributed by atoms with E-state index in [1.54, 1.807) is 21.0 Å². The smallest absolute Gasteiger partial charge is 0.321 e. The van der Waals surface area contributed by atoms with Crippen molar-refractivity contribution >= 4 is 28.7 Å². The minimum absolute atomic E-state index is 0.393. The summed E-state index contributed by atoms with van der Waals surface area (Å²) in [7, 11) is 1.61. The van der Waals surface area contributed by atoms with Gasteiger partial charge in [0, 0.05) is 6.54 Å². The van der Waals surface area contributed by atoms with E-state index in [-0.39, 0.29) is 0 Å². The second-order valence-corrected chi connectivity index (χ2v) is 5.71. The first kappa shape index (κ1) is 19.2. The van der Waals surface area contributed by atoms with Gasteiger partial charge in [-0.05, 0) is 42.3 Å². The Labute approximate surface area is 151 Å². The topological polar surface area (TPSA) is 93.7 Å². The van der Waals surface area contributed by atoms with Crippen molar-refractivity contribution in [1.29, 1.82) is 0 Å². The molecule has 26 heavy (non-hydrogen) atoms. The first-order valence-corrected chi connectivity index (χ1v) is 8.26. The molecule has 7 heteroatoms. The minimum Gasteiger partial charge on any atom is -0.497 e. The van der Waals surface area contributed by atoms with Crippen LogP contribution in [0.25, 0.3) is 10.8 Å². The van der Waals surface area contributed by atoms with E-state index in [4.69, 9.17) is 9.47 Å². The number of amides is 3. The molecule has 0 fully saturated rings. The molecule has 0 aromatic heterocycles. The van der Waals surface area contributed by atoms with Crippen LogP contribution in [0.1, 0.15) is 25.3 Å². The summed E-state index contributed by atoms with van der Waals surface area (Å²) in [6.45, 7) is 3.31. The van der Waals surface area contributed by atoms with Crippen LogP contribution in [0.15, 0.2) is 36.4 Å². The molecule has 2 N–H and O–H groups in total. The highest BCUT2D eigenvalue weighted by Gasteiger charge is 2.19. The predicted octanol–water partition coefficient (Wildman–Crippen LogP) is 2.34. The number of methoxy groups -OCH3 is 1. The second-order valence-electron chi connectivity index (χ2n) is 5.71. The summed E-state index contributed by atoms with van der Waals surface area (Å²) >= 11 is 0. The number of hydrogen-bond acceptors (Lipinski definition) is 5. The third-order valence-corrected chi connectivity index (χ3v) is 3.86. The van der Waals surface area contributed by atoms with Gasteiger partial charge in [0.1, 0.15) is 5.75 Å². The molecule has 2 aromatic rings. The van der Waals surface area contributed by atoms with Crippen molar-refractivity contribution in [2.45, 2.75) is 19.8 Å². The predicted molar refractivity (Wildman–Crippen MR) is 97.1 cm³/mol. The first-order chi connectivity index (χ1) is 12.4. The number of carbonyl (C=O) groups excluding carboxylic acids is 3. The van der Waals surface area contributed by atoms with Gasteiger partial charge in [0.15, 0.2) is 6.61 Å². The number of ether oxygens (including phenoxy) is 2. The van der Waals surface area contributed by atoms with Crippen molar-refractivity contribution in [1.82, 2.24) is 10.6 Å². The largest absolute Gasteiger partial charge is 0.497 e. The molecular weight excluding hydrogens is 336 g/mol. The molecule has 3 amide bonds. The molecule has 0 aliphatic heterocycles. The monoisotopic (exact) mass is 358 g/mol. The van der Waals surface area contributed by atoms with Crippen LogP contribution in [0.4, 0.5) is 4.79 Å². The summed E-state index contributed by atoms with van der Waals surface area (Å²) < 4.78 is 10.2. The Morgan fingerprint density at radius 1 is 1.08 bits per heavy atom. The number of hydrogen-bond donors (Lipinski definition) is 2. The Kier molecular flexibility index (Phi) is 6.54. The Hall–Kier alpha value is -3.09. The van der Waals surface area contributed by atoms with E-state index in [1.165, 1.54) is 0 Å². The Balaban J connectivity index is 1.98. The molecule has 0 radical (unpaired) electrons.